The zero-order valence-corrected chi connectivity index (χ0v) is 11.3. The second-order valence-electron chi connectivity index (χ2n) is 5.08. The van der Waals surface area contributed by atoms with Crippen molar-refractivity contribution in [1.29, 1.82) is 5.26 Å². The molecule has 0 N–H and O–H groups in total. The van der Waals surface area contributed by atoms with E-state index in [4.69, 9.17) is 0 Å². The summed E-state index contributed by atoms with van der Waals surface area (Å²) in [6, 6.07) is 6.09. The maximum absolute atomic E-state index is 12.6. The molecule has 1 aromatic heterocycles. The molecule has 19 heavy (non-hydrogen) atoms. The molecule has 1 aromatic rings. The molecule has 4 nitrogen and oxygen atoms in total. The van der Waals surface area contributed by atoms with Crippen molar-refractivity contribution < 1.29 is 4.79 Å². The van der Waals surface area contributed by atoms with Gasteiger partial charge in [0.15, 0.2) is 0 Å². The van der Waals surface area contributed by atoms with E-state index in [9.17, 15) is 10.1 Å². The third-order valence-electron chi connectivity index (χ3n) is 3.87. The zero-order valence-electron chi connectivity index (χ0n) is 11.3. The van der Waals surface area contributed by atoms with Gasteiger partial charge in [-0.15, -0.1) is 0 Å². The van der Waals surface area contributed by atoms with E-state index < -0.39 is 5.41 Å². The van der Waals surface area contributed by atoms with Gasteiger partial charge in [-0.05, 0) is 37.5 Å². The van der Waals surface area contributed by atoms with Gasteiger partial charge in [0.1, 0.15) is 5.41 Å². The van der Waals surface area contributed by atoms with Crippen LogP contribution < -0.4 is 0 Å². The summed E-state index contributed by atoms with van der Waals surface area (Å²) in [6.45, 7) is 3.14. The van der Waals surface area contributed by atoms with Gasteiger partial charge in [0.25, 0.3) is 0 Å². The second-order valence-corrected chi connectivity index (χ2v) is 5.08. The maximum Gasteiger partial charge on any atom is 0.243 e. The Morgan fingerprint density at radius 2 is 2.05 bits per heavy atom. The largest absolute Gasteiger partial charge is 0.337 e. The summed E-state index contributed by atoms with van der Waals surface area (Å²) >= 11 is 0. The number of amides is 1. The monoisotopic (exact) mass is 257 g/mol. The molecule has 1 aliphatic carbocycles. The fourth-order valence-electron chi connectivity index (χ4n) is 2.69. The van der Waals surface area contributed by atoms with Crippen molar-refractivity contribution in [2.75, 3.05) is 6.54 Å². The van der Waals surface area contributed by atoms with Crippen molar-refractivity contribution in [1.82, 2.24) is 9.88 Å². The van der Waals surface area contributed by atoms with Crippen molar-refractivity contribution in [3.63, 3.8) is 0 Å². The number of hydrogen-bond donors (Lipinski definition) is 0. The summed E-state index contributed by atoms with van der Waals surface area (Å²) in [4.78, 5) is 18.4. The minimum atomic E-state index is -0.775. The van der Waals surface area contributed by atoms with Gasteiger partial charge in [0.2, 0.25) is 5.91 Å². The number of pyridine rings is 1. The molecular formula is C15H19N3O. The summed E-state index contributed by atoms with van der Waals surface area (Å²) in [7, 11) is 0. The van der Waals surface area contributed by atoms with Gasteiger partial charge in [-0.25, -0.2) is 0 Å². The molecule has 0 saturated heterocycles. The number of nitriles is 1. The van der Waals surface area contributed by atoms with Crippen LogP contribution >= 0.6 is 0 Å². The van der Waals surface area contributed by atoms with E-state index in [1.54, 1.807) is 17.3 Å². The predicted octanol–water partition coefficient (Wildman–Crippen LogP) is 2.51. The predicted molar refractivity (Wildman–Crippen MR) is 71.8 cm³/mol. The smallest absolute Gasteiger partial charge is 0.243 e. The molecule has 1 saturated carbocycles. The van der Waals surface area contributed by atoms with Crippen molar-refractivity contribution in [2.24, 2.45) is 5.41 Å². The summed E-state index contributed by atoms with van der Waals surface area (Å²) in [5.74, 6) is -0.00758. The molecule has 0 radical (unpaired) electrons. The lowest BCUT2D eigenvalue weighted by Crippen LogP contribution is -2.41. The highest BCUT2D eigenvalue weighted by Crippen LogP contribution is 2.39. The van der Waals surface area contributed by atoms with Gasteiger partial charge in [-0.2, -0.15) is 5.26 Å². The Labute approximate surface area is 114 Å². The van der Waals surface area contributed by atoms with Crippen LogP contribution in [-0.2, 0) is 11.3 Å². The lowest BCUT2D eigenvalue weighted by atomic mass is 9.86. The quantitative estimate of drug-likeness (QED) is 0.832. The first-order valence-electron chi connectivity index (χ1n) is 6.81. The van der Waals surface area contributed by atoms with Gasteiger partial charge in [-0.1, -0.05) is 12.8 Å². The number of carbonyl (C=O) groups is 1. The molecule has 2 rings (SSSR count). The molecule has 1 aliphatic rings. The fraction of sp³-hybridized carbons (Fsp3) is 0.533. The number of nitrogens with zero attached hydrogens (tertiary/aromatic N) is 3. The van der Waals surface area contributed by atoms with Crippen molar-refractivity contribution in [3.05, 3.63) is 30.1 Å². The highest BCUT2D eigenvalue weighted by atomic mass is 16.2. The van der Waals surface area contributed by atoms with E-state index in [0.717, 1.165) is 18.4 Å². The normalized spacial score (nSPS) is 16.8. The van der Waals surface area contributed by atoms with Gasteiger partial charge >= 0.3 is 0 Å². The third kappa shape index (κ3) is 2.76. The summed E-state index contributed by atoms with van der Waals surface area (Å²) in [5, 5.41) is 9.39. The fourth-order valence-corrected chi connectivity index (χ4v) is 2.69. The second kappa shape index (κ2) is 5.83. The van der Waals surface area contributed by atoms with Crippen molar-refractivity contribution in [2.45, 2.75) is 39.2 Å². The van der Waals surface area contributed by atoms with E-state index in [2.05, 4.69) is 11.1 Å². The van der Waals surface area contributed by atoms with Crippen LogP contribution in [0.5, 0.6) is 0 Å². The Morgan fingerprint density at radius 3 is 2.58 bits per heavy atom. The molecule has 0 atom stereocenters. The molecule has 100 valence electrons. The number of rotatable bonds is 4. The first kappa shape index (κ1) is 13.5. The van der Waals surface area contributed by atoms with E-state index >= 15 is 0 Å². The first-order chi connectivity index (χ1) is 9.22. The molecule has 0 aliphatic heterocycles. The molecule has 0 bridgehead atoms. The summed E-state index contributed by atoms with van der Waals surface area (Å²) < 4.78 is 0. The number of hydrogen-bond acceptors (Lipinski definition) is 3. The van der Waals surface area contributed by atoms with Crippen LogP contribution in [0.1, 0.15) is 38.2 Å². The number of carbonyl (C=O) groups excluding carboxylic acids is 1. The van der Waals surface area contributed by atoms with E-state index in [1.165, 1.54) is 0 Å². The average Bonchev–Trinajstić information content (AvgIpc) is 2.95. The minimum absolute atomic E-state index is 0.00758. The van der Waals surface area contributed by atoms with Crippen LogP contribution in [0.4, 0.5) is 0 Å². The average molecular weight is 257 g/mol. The molecule has 0 spiro atoms. The van der Waals surface area contributed by atoms with Crippen LogP contribution in [0, 0.1) is 16.7 Å². The van der Waals surface area contributed by atoms with Gasteiger partial charge in [0.05, 0.1) is 6.07 Å². The van der Waals surface area contributed by atoms with Crippen LogP contribution in [0.2, 0.25) is 0 Å². The van der Waals surface area contributed by atoms with E-state index in [0.29, 0.717) is 25.9 Å². The Hall–Kier alpha value is -1.89. The Bertz CT molecular complexity index is 472. The summed E-state index contributed by atoms with van der Waals surface area (Å²) in [5.41, 5.74) is 0.277. The lowest BCUT2D eigenvalue weighted by Gasteiger charge is -2.29. The summed E-state index contributed by atoms with van der Waals surface area (Å²) in [6.07, 6.45) is 6.81. The molecule has 1 fully saturated rings. The van der Waals surface area contributed by atoms with E-state index in [1.807, 2.05) is 19.1 Å². The third-order valence-corrected chi connectivity index (χ3v) is 3.87. The van der Waals surface area contributed by atoms with Gasteiger partial charge in [0, 0.05) is 25.5 Å². The maximum atomic E-state index is 12.6. The minimum Gasteiger partial charge on any atom is -0.337 e. The highest BCUT2D eigenvalue weighted by Gasteiger charge is 2.43. The van der Waals surface area contributed by atoms with Crippen LogP contribution in [0.25, 0.3) is 0 Å². The van der Waals surface area contributed by atoms with Gasteiger partial charge < -0.3 is 4.90 Å². The topological polar surface area (TPSA) is 57.0 Å². The van der Waals surface area contributed by atoms with Crippen LogP contribution in [0.15, 0.2) is 24.5 Å². The van der Waals surface area contributed by atoms with Crippen LogP contribution in [0.3, 0.4) is 0 Å². The standard InChI is InChI=1S/C15H19N3O/c1-2-18(11-13-5-9-17-10-6-13)14(19)15(12-16)7-3-4-8-15/h5-6,9-10H,2-4,7-8,11H2,1H3. The van der Waals surface area contributed by atoms with Gasteiger partial charge in [-0.3, -0.25) is 9.78 Å². The number of aromatic nitrogens is 1. The highest BCUT2D eigenvalue weighted by molar-refractivity contribution is 5.85. The van der Waals surface area contributed by atoms with Crippen molar-refractivity contribution >= 4 is 5.91 Å². The molecule has 4 heteroatoms. The lowest BCUT2D eigenvalue weighted by molar-refractivity contribution is -0.139. The molecular weight excluding hydrogens is 238 g/mol. The first-order valence-corrected chi connectivity index (χ1v) is 6.81. The van der Waals surface area contributed by atoms with Crippen molar-refractivity contribution in [3.8, 4) is 6.07 Å². The van der Waals surface area contributed by atoms with Crippen LogP contribution in [-0.4, -0.2) is 22.3 Å². The molecule has 0 unspecified atom stereocenters. The molecule has 0 aromatic carbocycles. The van der Waals surface area contributed by atoms with E-state index in [-0.39, 0.29) is 5.91 Å². The zero-order chi connectivity index (χ0) is 13.7. The molecule has 1 amide bonds. The Balaban J connectivity index is 2.13. The molecule has 1 heterocycles. The SMILES string of the molecule is CCN(Cc1ccncc1)C(=O)C1(C#N)CCCC1. The Morgan fingerprint density at radius 1 is 1.42 bits per heavy atom. The Kier molecular flexibility index (Phi) is 4.16.